The van der Waals surface area contributed by atoms with E-state index in [0.29, 0.717) is 6.42 Å². The fourth-order valence-corrected chi connectivity index (χ4v) is 3.68. The van der Waals surface area contributed by atoms with Gasteiger partial charge in [-0.15, -0.1) is 11.8 Å². The molecule has 0 heterocycles. The Balaban J connectivity index is 2.21. The van der Waals surface area contributed by atoms with Crippen molar-refractivity contribution in [1.29, 1.82) is 0 Å². The van der Waals surface area contributed by atoms with Crippen molar-refractivity contribution < 1.29 is 19.1 Å². The average molecular weight is 280 g/mol. The number of carbonyl (C=O) groups excluding carboxylic acids is 2. The van der Waals surface area contributed by atoms with Gasteiger partial charge in [-0.05, 0) is 25.0 Å². The highest BCUT2D eigenvalue weighted by Gasteiger charge is 2.61. The molecule has 0 aliphatic heterocycles. The largest absolute Gasteiger partial charge is 0.468 e. The predicted molar refractivity (Wildman–Crippen MR) is 71.8 cm³/mol. The second-order valence-electron chi connectivity index (χ2n) is 4.41. The number of thioether (sulfide) groups is 1. The topological polar surface area (TPSA) is 52.6 Å². The van der Waals surface area contributed by atoms with Crippen molar-refractivity contribution in [1.82, 2.24) is 0 Å². The molecule has 2 rings (SSSR count). The summed E-state index contributed by atoms with van der Waals surface area (Å²) in [6.07, 6.45) is 1.28. The Morgan fingerprint density at radius 1 is 1.16 bits per heavy atom. The van der Waals surface area contributed by atoms with Crippen molar-refractivity contribution in [2.75, 3.05) is 14.2 Å². The van der Waals surface area contributed by atoms with Crippen molar-refractivity contribution in [3.05, 3.63) is 30.3 Å². The van der Waals surface area contributed by atoms with E-state index in [1.165, 1.54) is 26.0 Å². The Labute approximate surface area is 116 Å². The lowest BCUT2D eigenvalue weighted by Crippen LogP contribution is -2.55. The number of hydrogen-bond acceptors (Lipinski definition) is 5. The molecule has 1 fully saturated rings. The normalized spacial score (nSPS) is 20.2. The molecule has 1 atom stereocenters. The molecule has 0 bridgehead atoms. The van der Waals surface area contributed by atoms with Gasteiger partial charge in [-0.2, -0.15) is 0 Å². The molecule has 0 spiro atoms. The summed E-state index contributed by atoms with van der Waals surface area (Å²) in [6, 6.07) is 9.71. The molecule has 102 valence electrons. The molecule has 4 nitrogen and oxygen atoms in total. The van der Waals surface area contributed by atoms with Crippen LogP contribution >= 0.6 is 11.8 Å². The van der Waals surface area contributed by atoms with E-state index in [1.807, 2.05) is 30.3 Å². The molecule has 1 aromatic carbocycles. The zero-order valence-corrected chi connectivity index (χ0v) is 11.7. The number of hydrogen-bond donors (Lipinski definition) is 0. The van der Waals surface area contributed by atoms with Gasteiger partial charge in [-0.1, -0.05) is 18.2 Å². The number of ether oxygens (including phenoxy) is 2. The van der Waals surface area contributed by atoms with Crippen LogP contribution in [0.5, 0.6) is 0 Å². The molecule has 0 aromatic heterocycles. The van der Waals surface area contributed by atoms with Crippen molar-refractivity contribution in [2.45, 2.75) is 23.0 Å². The second kappa shape index (κ2) is 5.65. The molecular weight excluding hydrogens is 264 g/mol. The Morgan fingerprint density at radius 2 is 1.74 bits per heavy atom. The Morgan fingerprint density at radius 3 is 2.16 bits per heavy atom. The van der Waals surface area contributed by atoms with E-state index in [2.05, 4.69) is 0 Å². The molecule has 0 radical (unpaired) electrons. The molecule has 5 heteroatoms. The van der Waals surface area contributed by atoms with Crippen molar-refractivity contribution in [3.8, 4) is 0 Å². The molecule has 1 aliphatic carbocycles. The monoisotopic (exact) mass is 280 g/mol. The zero-order valence-electron chi connectivity index (χ0n) is 10.9. The van der Waals surface area contributed by atoms with Gasteiger partial charge in [0.05, 0.1) is 14.2 Å². The van der Waals surface area contributed by atoms with Crippen LogP contribution in [0.1, 0.15) is 12.8 Å². The summed E-state index contributed by atoms with van der Waals surface area (Å²) in [5.41, 5.74) is -1.15. The van der Waals surface area contributed by atoms with Crippen LogP contribution in [-0.4, -0.2) is 31.4 Å². The zero-order chi connectivity index (χ0) is 13.9. The van der Waals surface area contributed by atoms with E-state index < -0.39 is 17.4 Å². The van der Waals surface area contributed by atoms with Gasteiger partial charge in [0.25, 0.3) is 0 Å². The number of esters is 2. The fraction of sp³-hybridized carbons (Fsp3) is 0.429. The average Bonchev–Trinajstić information content (AvgIpc) is 2.44. The Bertz CT molecular complexity index is 456. The summed E-state index contributed by atoms with van der Waals surface area (Å²) >= 11 is 1.52. The highest BCUT2D eigenvalue weighted by atomic mass is 32.2. The summed E-state index contributed by atoms with van der Waals surface area (Å²) < 4.78 is 9.59. The number of methoxy groups -OCH3 is 2. The van der Waals surface area contributed by atoms with E-state index >= 15 is 0 Å². The van der Waals surface area contributed by atoms with Gasteiger partial charge in [0, 0.05) is 10.1 Å². The van der Waals surface area contributed by atoms with Crippen LogP contribution in [0.2, 0.25) is 0 Å². The lowest BCUT2D eigenvalue weighted by atomic mass is 9.68. The molecule has 1 unspecified atom stereocenters. The standard InChI is InChI=1S/C14H16O4S/c1-17-12(15)14(13(16)18-2)9-8-11(14)19-10-6-4-3-5-7-10/h3-7,11H,8-9H2,1-2H3. The van der Waals surface area contributed by atoms with E-state index in [0.717, 1.165) is 11.3 Å². The third kappa shape index (κ3) is 2.34. The summed E-state index contributed by atoms with van der Waals surface area (Å²) in [4.78, 5) is 25.0. The number of carbonyl (C=O) groups is 2. The molecule has 1 aliphatic rings. The van der Waals surface area contributed by atoms with Crippen LogP contribution in [0.4, 0.5) is 0 Å². The smallest absolute Gasteiger partial charge is 0.324 e. The molecule has 1 aromatic rings. The fourth-order valence-electron chi connectivity index (χ4n) is 2.29. The molecule has 0 N–H and O–H groups in total. The maximum Gasteiger partial charge on any atom is 0.324 e. The quantitative estimate of drug-likeness (QED) is 0.625. The predicted octanol–water partition coefficient (Wildman–Crippen LogP) is 2.27. The molecular formula is C14H16O4S. The van der Waals surface area contributed by atoms with E-state index in [9.17, 15) is 9.59 Å². The summed E-state index contributed by atoms with van der Waals surface area (Å²) in [5.74, 6) is -1.00. The first kappa shape index (κ1) is 13.9. The van der Waals surface area contributed by atoms with Gasteiger partial charge < -0.3 is 9.47 Å². The highest BCUT2D eigenvalue weighted by molar-refractivity contribution is 8.00. The first-order valence-corrected chi connectivity index (χ1v) is 6.91. The van der Waals surface area contributed by atoms with E-state index in [1.54, 1.807) is 0 Å². The van der Waals surface area contributed by atoms with Crippen molar-refractivity contribution in [3.63, 3.8) is 0 Å². The van der Waals surface area contributed by atoms with Crippen LogP contribution < -0.4 is 0 Å². The third-order valence-electron chi connectivity index (χ3n) is 3.47. The Hall–Kier alpha value is -1.49. The molecule has 0 saturated heterocycles. The van der Waals surface area contributed by atoms with Crippen LogP contribution in [0.25, 0.3) is 0 Å². The Kier molecular flexibility index (Phi) is 4.14. The molecule has 0 amide bonds. The van der Waals surface area contributed by atoms with Gasteiger partial charge in [0.15, 0.2) is 5.41 Å². The summed E-state index contributed by atoms with van der Waals surface area (Å²) in [7, 11) is 2.60. The minimum absolute atomic E-state index is 0.130. The first-order chi connectivity index (χ1) is 9.15. The lowest BCUT2D eigenvalue weighted by molar-refractivity contribution is -0.174. The minimum Gasteiger partial charge on any atom is -0.468 e. The maximum absolute atomic E-state index is 12.0. The second-order valence-corrected chi connectivity index (χ2v) is 5.69. The number of rotatable bonds is 4. The lowest BCUT2D eigenvalue weighted by Gasteiger charge is -2.43. The van der Waals surface area contributed by atoms with E-state index in [4.69, 9.17) is 9.47 Å². The van der Waals surface area contributed by atoms with Crippen LogP contribution in [0.15, 0.2) is 35.2 Å². The van der Waals surface area contributed by atoms with Crippen LogP contribution in [0.3, 0.4) is 0 Å². The summed E-state index contributed by atoms with van der Waals surface area (Å²) in [5, 5.41) is -0.130. The van der Waals surface area contributed by atoms with Crippen molar-refractivity contribution >= 4 is 23.7 Å². The molecule has 1 saturated carbocycles. The molecule has 19 heavy (non-hydrogen) atoms. The van der Waals surface area contributed by atoms with Gasteiger partial charge in [-0.3, -0.25) is 9.59 Å². The minimum atomic E-state index is -1.15. The number of benzene rings is 1. The van der Waals surface area contributed by atoms with Crippen LogP contribution in [-0.2, 0) is 19.1 Å². The van der Waals surface area contributed by atoms with Gasteiger partial charge in [0.2, 0.25) is 0 Å². The van der Waals surface area contributed by atoms with Crippen molar-refractivity contribution in [2.24, 2.45) is 5.41 Å². The SMILES string of the molecule is COC(=O)C1(C(=O)OC)CCC1Sc1ccccc1. The third-order valence-corrected chi connectivity index (χ3v) is 4.94. The van der Waals surface area contributed by atoms with E-state index in [-0.39, 0.29) is 5.25 Å². The van der Waals surface area contributed by atoms with Gasteiger partial charge >= 0.3 is 11.9 Å². The van der Waals surface area contributed by atoms with Gasteiger partial charge in [-0.25, -0.2) is 0 Å². The highest BCUT2D eigenvalue weighted by Crippen LogP contribution is 2.52. The van der Waals surface area contributed by atoms with Crippen LogP contribution in [0, 0.1) is 5.41 Å². The summed E-state index contributed by atoms with van der Waals surface area (Å²) in [6.45, 7) is 0. The first-order valence-electron chi connectivity index (χ1n) is 6.03. The maximum atomic E-state index is 12.0. The van der Waals surface area contributed by atoms with Gasteiger partial charge in [0.1, 0.15) is 0 Å².